The first-order valence-electron chi connectivity index (χ1n) is 16.8. The van der Waals surface area contributed by atoms with E-state index in [9.17, 15) is 13.8 Å². The van der Waals surface area contributed by atoms with E-state index in [0.29, 0.717) is 29.2 Å². The second kappa shape index (κ2) is 14.3. The van der Waals surface area contributed by atoms with Gasteiger partial charge in [-0.15, -0.1) is 4.36 Å². The third-order valence-corrected chi connectivity index (χ3v) is 12.0. The molecule has 254 valence electrons. The van der Waals surface area contributed by atoms with Gasteiger partial charge in [0.1, 0.15) is 18.0 Å². The highest BCUT2D eigenvalue weighted by molar-refractivity contribution is 7.92. The van der Waals surface area contributed by atoms with Crippen LogP contribution in [0.5, 0.6) is 5.75 Å². The standard InChI is InChI=1S/C36H46ClN3O6S/c1-36(2)35(42)39-47(43,38-34(41)19-24-9-10-24)29-14-16-33-31(21-29)40(22-26-12-15-30(26)32(44-3)8-6-18-46-36)17-5-4-7-25-20-28(37)13-11-27(25)23-45-33/h6,8,11,13-14,16,20-21,24,26,30,32H,4-5,7,9-10,12,15,17-19,22-23H2,1-3H3,(H,38,39,41,42,43)/b8-6+/t26-,30+,32-,47?/m0/s1. The highest BCUT2D eigenvalue weighted by Gasteiger charge is 2.38. The Bertz CT molecular complexity index is 1650. The number of aryl methyl sites for hydroxylation is 1. The molecular weight excluding hydrogens is 638 g/mol. The van der Waals surface area contributed by atoms with E-state index in [4.69, 9.17) is 25.8 Å². The lowest BCUT2D eigenvalue weighted by atomic mass is 9.70. The number of ether oxygens (including phenoxy) is 3. The second-order valence-corrected chi connectivity index (χ2v) is 16.1. The van der Waals surface area contributed by atoms with Gasteiger partial charge in [0, 0.05) is 31.6 Å². The van der Waals surface area contributed by atoms with Gasteiger partial charge in [-0.05, 0) is 118 Å². The second-order valence-electron chi connectivity index (χ2n) is 13.8. The van der Waals surface area contributed by atoms with Crippen LogP contribution in [0.2, 0.25) is 5.02 Å². The Hall–Kier alpha value is -2.92. The molecule has 9 nitrogen and oxygen atoms in total. The van der Waals surface area contributed by atoms with Crippen LogP contribution in [0.4, 0.5) is 5.69 Å². The fraction of sp³-hybridized carbons (Fsp3) is 0.556. The van der Waals surface area contributed by atoms with Crippen LogP contribution >= 0.6 is 11.6 Å². The maximum atomic E-state index is 14.8. The summed E-state index contributed by atoms with van der Waals surface area (Å²) in [5.41, 5.74) is 1.63. The van der Waals surface area contributed by atoms with E-state index in [-0.39, 0.29) is 35.9 Å². The number of anilines is 1. The van der Waals surface area contributed by atoms with Crippen molar-refractivity contribution in [1.29, 1.82) is 0 Å². The molecule has 2 fully saturated rings. The summed E-state index contributed by atoms with van der Waals surface area (Å²) in [5.74, 6) is 0.493. The Kier molecular flexibility index (Phi) is 10.3. The molecule has 2 amide bonds. The first-order chi connectivity index (χ1) is 22.5. The van der Waals surface area contributed by atoms with E-state index < -0.39 is 21.4 Å². The number of carbonyl (C=O) groups excluding carboxylic acids is 2. The van der Waals surface area contributed by atoms with Crippen LogP contribution in [0, 0.1) is 17.8 Å². The molecule has 0 aromatic heterocycles. The SMILES string of the molecule is CO[C@H]1/C=C/COC(C)(C)C(=O)N=S(=O)(NC(=O)CC2CC2)c2ccc3c(c2)N(CCCCc2cc(Cl)ccc2CO3)C[C@@H]2CC[C@H]21. The summed E-state index contributed by atoms with van der Waals surface area (Å²) in [5, 5.41) is 0.706. The van der Waals surface area contributed by atoms with Gasteiger partial charge in [0.25, 0.3) is 5.91 Å². The zero-order chi connectivity index (χ0) is 33.2. The van der Waals surface area contributed by atoms with Crippen LogP contribution in [-0.2, 0) is 42.0 Å². The summed E-state index contributed by atoms with van der Waals surface area (Å²) >= 11 is 6.37. The van der Waals surface area contributed by atoms with Crippen molar-refractivity contribution < 1.29 is 28.0 Å². The largest absolute Gasteiger partial charge is 0.487 e. The van der Waals surface area contributed by atoms with Crippen LogP contribution in [0.1, 0.15) is 69.9 Å². The molecule has 0 saturated heterocycles. The van der Waals surface area contributed by atoms with Crippen LogP contribution in [0.3, 0.4) is 0 Å². The van der Waals surface area contributed by atoms with Crippen LogP contribution in [0.15, 0.2) is 57.8 Å². The molecule has 2 aliphatic heterocycles. The molecule has 11 heteroatoms. The normalized spacial score (nSPS) is 28.6. The van der Waals surface area contributed by atoms with Gasteiger partial charge < -0.3 is 19.1 Å². The van der Waals surface area contributed by atoms with Gasteiger partial charge in [-0.2, -0.15) is 0 Å². The van der Waals surface area contributed by atoms with Gasteiger partial charge in [-0.3, -0.25) is 14.3 Å². The van der Waals surface area contributed by atoms with Crippen molar-refractivity contribution in [3.8, 4) is 5.75 Å². The van der Waals surface area contributed by atoms with Crippen molar-refractivity contribution in [3.05, 3.63) is 64.7 Å². The Balaban J connectivity index is 1.46. The van der Waals surface area contributed by atoms with E-state index >= 15 is 0 Å². The molecule has 2 saturated carbocycles. The number of rotatable bonds is 4. The molecule has 47 heavy (non-hydrogen) atoms. The number of benzene rings is 2. The topological polar surface area (TPSA) is 107 Å². The Labute approximate surface area is 283 Å². The van der Waals surface area contributed by atoms with E-state index in [1.165, 1.54) is 5.56 Å². The first kappa shape index (κ1) is 34.0. The van der Waals surface area contributed by atoms with E-state index in [0.717, 1.165) is 69.3 Å². The molecule has 0 radical (unpaired) electrons. The number of hydrogen-bond acceptors (Lipinski definition) is 7. The molecule has 6 rings (SSSR count). The van der Waals surface area contributed by atoms with Crippen LogP contribution in [0.25, 0.3) is 0 Å². The number of nitrogens with zero attached hydrogens (tertiary/aromatic N) is 2. The smallest absolute Gasteiger partial charge is 0.287 e. The summed E-state index contributed by atoms with van der Waals surface area (Å²) in [4.78, 5) is 29.3. The average Bonchev–Trinajstić information content (AvgIpc) is 3.84. The van der Waals surface area contributed by atoms with Gasteiger partial charge >= 0.3 is 0 Å². The van der Waals surface area contributed by atoms with Crippen molar-refractivity contribution in [3.63, 3.8) is 0 Å². The molecule has 2 aromatic rings. The maximum Gasteiger partial charge on any atom is 0.287 e. The number of amides is 2. The summed E-state index contributed by atoms with van der Waals surface area (Å²) in [7, 11) is -1.98. The van der Waals surface area contributed by atoms with Gasteiger partial charge in [-0.25, -0.2) is 4.21 Å². The van der Waals surface area contributed by atoms with Crippen molar-refractivity contribution in [2.75, 3.05) is 31.7 Å². The van der Waals surface area contributed by atoms with Gasteiger partial charge in [0.15, 0.2) is 9.92 Å². The summed E-state index contributed by atoms with van der Waals surface area (Å²) in [6.45, 7) is 5.22. The molecule has 4 aliphatic rings. The van der Waals surface area contributed by atoms with Crippen molar-refractivity contribution in [2.24, 2.45) is 22.1 Å². The predicted octanol–water partition coefficient (Wildman–Crippen LogP) is 6.65. The lowest BCUT2D eigenvalue weighted by molar-refractivity contribution is -0.137. The minimum absolute atomic E-state index is 0.0839. The molecule has 2 aliphatic carbocycles. The third-order valence-electron chi connectivity index (χ3n) is 9.91. The molecule has 2 aromatic carbocycles. The van der Waals surface area contributed by atoms with E-state index in [2.05, 4.69) is 14.0 Å². The molecule has 4 atom stereocenters. The van der Waals surface area contributed by atoms with Gasteiger partial charge in [0.2, 0.25) is 5.91 Å². The Morgan fingerprint density at radius 2 is 1.96 bits per heavy atom. The molecule has 1 unspecified atom stereocenters. The van der Waals surface area contributed by atoms with Crippen molar-refractivity contribution >= 4 is 39.0 Å². The molecule has 1 N–H and O–H groups in total. The van der Waals surface area contributed by atoms with Crippen LogP contribution < -0.4 is 14.4 Å². The van der Waals surface area contributed by atoms with Gasteiger partial charge in [-0.1, -0.05) is 29.8 Å². The summed E-state index contributed by atoms with van der Waals surface area (Å²) < 4.78 is 40.1. The lowest BCUT2D eigenvalue weighted by Crippen LogP contribution is -2.44. The maximum absolute atomic E-state index is 14.8. The Morgan fingerprint density at radius 1 is 1.13 bits per heavy atom. The number of fused-ring (bicyclic) bond motifs is 3. The molecule has 2 bridgehead atoms. The molecule has 0 spiro atoms. The van der Waals surface area contributed by atoms with E-state index in [1.807, 2.05) is 30.4 Å². The average molecular weight is 684 g/mol. The quantitative estimate of drug-likeness (QED) is 0.360. The molecular formula is C36H46ClN3O6S. The fourth-order valence-corrected chi connectivity index (χ4v) is 8.51. The fourth-order valence-electron chi connectivity index (χ4n) is 6.67. The zero-order valence-corrected chi connectivity index (χ0v) is 29.1. The summed E-state index contributed by atoms with van der Waals surface area (Å²) in [6, 6.07) is 11.2. The number of nitrogens with one attached hydrogen (secondary N) is 1. The highest BCUT2D eigenvalue weighted by atomic mass is 35.5. The third kappa shape index (κ3) is 8.04. The lowest BCUT2D eigenvalue weighted by Gasteiger charge is -2.43. The number of halogens is 1. The number of hydrogen-bond donors (Lipinski definition) is 1. The zero-order valence-electron chi connectivity index (χ0n) is 27.5. The molecule has 2 heterocycles. The van der Waals surface area contributed by atoms with Crippen molar-refractivity contribution in [1.82, 2.24) is 4.72 Å². The minimum atomic E-state index is -3.72. The number of methoxy groups -OCH3 is 1. The number of carbonyl (C=O) groups is 2. The van der Waals surface area contributed by atoms with E-state index in [1.54, 1.807) is 39.2 Å². The van der Waals surface area contributed by atoms with Gasteiger partial charge in [0.05, 0.1) is 23.3 Å². The summed E-state index contributed by atoms with van der Waals surface area (Å²) in [6.07, 6.45) is 10.9. The van der Waals surface area contributed by atoms with Crippen molar-refractivity contribution in [2.45, 2.75) is 88.4 Å². The Morgan fingerprint density at radius 3 is 2.70 bits per heavy atom. The van der Waals surface area contributed by atoms with Crippen LogP contribution in [-0.4, -0.2) is 54.5 Å². The first-order valence-corrected chi connectivity index (χ1v) is 18.7. The predicted molar refractivity (Wildman–Crippen MR) is 183 cm³/mol. The minimum Gasteiger partial charge on any atom is -0.487 e. The highest BCUT2D eigenvalue weighted by Crippen LogP contribution is 2.42. The monoisotopic (exact) mass is 683 g/mol.